The highest BCUT2D eigenvalue weighted by Crippen LogP contribution is 2.30. The van der Waals surface area contributed by atoms with Gasteiger partial charge in [-0.25, -0.2) is 8.42 Å². The molecule has 2 rings (SSSR count). The lowest BCUT2D eigenvalue weighted by Gasteiger charge is -2.36. The number of hydrogen-bond donors (Lipinski definition) is 1. The van der Waals surface area contributed by atoms with Crippen molar-refractivity contribution in [1.82, 2.24) is 4.31 Å². The summed E-state index contributed by atoms with van der Waals surface area (Å²) in [5, 5.41) is 0. The van der Waals surface area contributed by atoms with Crippen molar-refractivity contribution in [3.05, 3.63) is 23.3 Å². The number of morpholine rings is 1. The Hall–Kier alpha value is -1.11. The summed E-state index contributed by atoms with van der Waals surface area (Å²) in [6.07, 6.45) is -0.104. The normalized spacial score (nSPS) is 24.8. The van der Waals surface area contributed by atoms with Crippen LogP contribution in [0.5, 0.6) is 0 Å². The van der Waals surface area contributed by atoms with Gasteiger partial charge in [0.05, 0.1) is 18.4 Å². The molecule has 0 spiro atoms. The Balaban J connectivity index is 2.53. The van der Waals surface area contributed by atoms with Crippen molar-refractivity contribution >= 4 is 15.7 Å². The molecule has 20 heavy (non-hydrogen) atoms. The van der Waals surface area contributed by atoms with Crippen molar-refractivity contribution in [3.8, 4) is 0 Å². The van der Waals surface area contributed by atoms with Gasteiger partial charge in [-0.05, 0) is 44.9 Å². The molecule has 2 atom stereocenters. The van der Waals surface area contributed by atoms with Crippen LogP contribution in [0, 0.1) is 13.8 Å². The van der Waals surface area contributed by atoms with Crippen molar-refractivity contribution < 1.29 is 13.2 Å². The first-order valence-electron chi connectivity index (χ1n) is 6.74. The molecule has 0 aromatic heterocycles. The van der Waals surface area contributed by atoms with Gasteiger partial charge in [-0.2, -0.15) is 4.31 Å². The van der Waals surface area contributed by atoms with E-state index < -0.39 is 10.0 Å². The number of hydrogen-bond acceptors (Lipinski definition) is 4. The molecular formula is C14H22N2O3S. The van der Waals surface area contributed by atoms with Crippen LogP contribution in [-0.2, 0) is 14.8 Å². The van der Waals surface area contributed by atoms with Gasteiger partial charge in [0.1, 0.15) is 4.90 Å². The second-order valence-electron chi connectivity index (χ2n) is 5.49. The molecule has 0 radical (unpaired) electrons. The number of sulfonamides is 1. The third-order valence-corrected chi connectivity index (χ3v) is 6.01. The number of anilines is 1. The smallest absolute Gasteiger partial charge is 0.245 e. The Bertz CT molecular complexity index is 613. The van der Waals surface area contributed by atoms with Gasteiger partial charge in [0.15, 0.2) is 0 Å². The molecule has 2 N–H and O–H groups in total. The molecule has 112 valence electrons. The van der Waals surface area contributed by atoms with E-state index in [0.29, 0.717) is 18.8 Å². The molecule has 0 saturated carbocycles. The molecule has 0 aliphatic carbocycles. The summed E-state index contributed by atoms with van der Waals surface area (Å²) in [5.41, 5.74) is 7.87. The maximum Gasteiger partial charge on any atom is 0.245 e. The molecule has 1 saturated heterocycles. The maximum absolute atomic E-state index is 12.9. The van der Waals surface area contributed by atoms with Crippen LogP contribution < -0.4 is 5.73 Å². The lowest BCUT2D eigenvalue weighted by molar-refractivity contribution is -0.0170. The van der Waals surface area contributed by atoms with Crippen LogP contribution in [-0.4, -0.2) is 38.0 Å². The Morgan fingerprint density at radius 1 is 1.30 bits per heavy atom. The van der Waals surface area contributed by atoms with Gasteiger partial charge >= 0.3 is 0 Å². The first-order chi connectivity index (χ1) is 9.25. The largest absolute Gasteiger partial charge is 0.398 e. The maximum atomic E-state index is 12.9. The predicted octanol–water partition coefficient (Wildman–Crippen LogP) is 1.68. The van der Waals surface area contributed by atoms with Gasteiger partial charge in [0.2, 0.25) is 10.0 Å². The Morgan fingerprint density at radius 2 is 1.95 bits per heavy atom. The minimum atomic E-state index is -3.60. The van der Waals surface area contributed by atoms with Crippen molar-refractivity contribution in [2.75, 3.05) is 18.9 Å². The highest BCUT2D eigenvalue weighted by molar-refractivity contribution is 7.89. The molecule has 6 heteroatoms. The number of ether oxygens (including phenoxy) is 1. The van der Waals surface area contributed by atoms with Gasteiger partial charge < -0.3 is 10.5 Å². The Kier molecular flexibility index (Phi) is 4.09. The van der Waals surface area contributed by atoms with Gasteiger partial charge in [-0.3, -0.25) is 0 Å². The number of benzene rings is 1. The summed E-state index contributed by atoms with van der Waals surface area (Å²) >= 11 is 0. The minimum absolute atomic E-state index is 0.104. The fourth-order valence-electron chi connectivity index (χ4n) is 2.48. The van der Waals surface area contributed by atoms with Crippen LogP contribution in [0.25, 0.3) is 0 Å². The molecule has 5 nitrogen and oxygen atoms in total. The average molecular weight is 298 g/mol. The van der Waals surface area contributed by atoms with Crippen LogP contribution in [0.3, 0.4) is 0 Å². The van der Waals surface area contributed by atoms with Crippen LogP contribution in [0.1, 0.15) is 25.0 Å². The quantitative estimate of drug-likeness (QED) is 0.843. The first kappa shape index (κ1) is 15.3. The fourth-order valence-corrected chi connectivity index (χ4v) is 4.57. The van der Waals surface area contributed by atoms with E-state index in [4.69, 9.17) is 10.5 Å². The van der Waals surface area contributed by atoms with Gasteiger partial charge in [0.25, 0.3) is 0 Å². The van der Waals surface area contributed by atoms with Gasteiger partial charge in [-0.15, -0.1) is 0 Å². The standard InChI is InChI=1S/C14H22N2O3S/c1-9-5-6-13(15)14(12(9)4)20(17,18)16-7-11(3)19-8-10(16)2/h5-6,10-11H,7-8,15H2,1-4H3. The fraction of sp³-hybridized carbons (Fsp3) is 0.571. The summed E-state index contributed by atoms with van der Waals surface area (Å²) in [6, 6.07) is 3.31. The van der Waals surface area contributed by atoms with E-state index in [1.54, 1.807) is 13.0 Å². The topological polar surface area (TPSA) is 72.6 Å². The third-order valence-electron chi connectivity index (χ3n) is 3.82. The van der Waals surface area contributed by atoms with E-state index in [-0.39, 0.29) is 17.0 Å². The highest BCUT2D eigenvalue weighted by atomic mass is 32.2. The zero-order chi connectivity index (χ0) is 15.1. The molecular weight excluding hydrogens is 276 g/mol. The van der Waals surface area contributed by atoms with E-state index in [2.05, 4.69) is 0 Å². The van der Waals surface area contributed by atoms with E-state index >= 15 is 0 Å². The summed E-state index contributed by atoms with van der Waals surface area (Å²) in [4.78, 5) is 0.235. The number of nitrogen functional groups attached to an aromatic ring is 1. The Morgan fingerprint density at radius 3 is 2.60 bits per heavy atom. The molecule has 1 aliphatic heterocycles. The molecule has 1 aliphatic rings. The molecule has 1 heterocycles. The SMILES string of the molecule is Cc1ccc(N)c(S(=O)(=O)N2CC(C)OCC2C)c1C. The van der Waals surface area contributed by atoms with Crippen LogP contribution in [0.15, 0.2) is 17.0 Å². The number of nitrogens with two attached hydrogens (primary N) is 1. The molecule has 2 unspecified atom stereocenters. The van der Waals surface area contributed by atoms with E-state index in [0.717, 1.165) is 11.1 Å². The predicted molar refractivity (Wildman–Crippen MR) is 79.1 cm³/mol. The molecule has 1 fully saturated rings. The van der Waals surface area contributed by atoms with Crippen molar-refractivity contribution in [2.45, 2.75) is 44.7 Å². The van der Waals surface area contributed by atoms with E-state index in [9.17, 15) is 8.42 Å². The molecule has 1 aromatic rings. The first-order valence-corrected chi connectivity index (χ1v) is 8.18. The van der Waals surface area contributed by atoms with E-state index in [1.807, 2.05) is 26.8 Å². The summed E-state index contributed by atoms with van der Waals surface area (Å²) in [7, 11) is -3.60. The van der Waals surface area contributed by atoms with Gasteiger partial charge in [0, 0.05) is 12.6 Å². The zero-order valence-corrected chi connectivity index (χ0v) is 13.2. The highest BCUT2D eigenvalue weighted by Gasteiger charge is 2.36. The third kappa shape index (κ3) is 2.55. The van der Waals surface area contributed by atoms with Crippen molar-refractivity contribution in [3.63, 3.8) is 0 Å². The second kappa shape index (κ2) is 5.35. The number of nitrogens with zero attached hydrogens (tertiary/aromatic N) is 1. The van der Waals surface area contributed by atoms with Crippen LogP contribution in [0.4, 0.5) is 5.69 Å². The van der Waals surface area contributed by atoms with Gasteiger partial charge in [-0.1, -0.05) is 6.07 Å². The Labute approximate surface area is 120 Å². The van der Waals surface area contributed by atoms with Crippen LogP contribution >= 0.6 is 0 Å². The molecule has 0 bridgehead atoms. The minimum Gasteiger partial charge on any atom is -0.398 e. The average Bonchev–Trinajstić information content (AvgIpc) is 2.37. The summed E-state index contributed by atoms with van der Waals surface area (Å²) in [6.45, 7) is 8.18. The molecule has 1 aromatic carbocycles. The monoisotopic (exact) mass is 298 g/mol. The zero-order valence-electron chi connectivity index (χ0n) is 12.4. The lowest BCUT2D eigenvalue weighted by atomic mass is 10.1. The summed E-state index contributed by atoms with van der Waals surface area (Å²) < 4.78 is 32.9. The van der Waals surface area contributed by atoms with Crippen molar-refractivity contribution in [1.29, 1.82) is 0 Å². The van der Waals surface area contributed by atoms with E-state index in [1.165, 1.54) is 4.31 Å². The van der Waals surface area contributed by atoms with Crippen molar-refractivity contribution in [2.24, 2.45) is 0 Å². The molecule has 0 amide bonds. The number of aryl methyl sites for hydroxylation is 1. The lowest BCUT2D eigenvalue weighted by Crippen LogP contribution is -2.50. The number of rotatable bonds is 2. The van der Waals surface area contributed by atoms with Crippen LogP contribution in [0.2, 0.25) is 0 Å². The second-order valence-corrected chi connectivity index (χ2v) is 7.32. The summed E-state index contributed by atoms with van der Waals surface area (Å²) in [5.74, 6) is 0.